The molecule has 0 atom stereocenters. The number of hydrogen-bond acceptors (Lipinski definition) is 5. The fourth-order valence-electron chi connectivity index (χ4n) is 4.79. The molecule has 1 aliphatic heterocycles. The number of nitrogens with zero attached hydrogens (tertiary/aromatic N) is 4. The molecule has 2 aliphatic rings. The van der Waals surface area contributed by atoms with Crippen LogP contribution in [-0.4, -0.2) is 53.8 Å². The van der Waals surface area contributed by atoms with Gasteiger partial charge < -0.3 is 9.80 Å². The topological polar surface area (TPSA) is 32.3 Å². The highest BCUT2D eigenvalue weighted by molar-refractivity contribution is 7.18. The van der Waals surface area contributed by atoms with Crippen LogP contribution in [0.15, 0.2) is 12.4 Å². The van der Waals surface area contributed by atoms with Crippen molar-refractivity contribution in [3.05, 3.63) is 17.3 Å². The summed E-state index contributed by atoms with van der Waals surface area (Å²) in [6, 6.07) is 2.20. The molecule has 0 unspecified atom stereocenters. The van der Waals surface area contributed by atoms with E-state index in [2.05, 4.69) is 40.7 Å². The van der Waals surface area contributed by atoms with Crippen molar-refractivity contribution >= 4 is 27.4 Å². The van der Waals surface area contributed by atoms with Crippen molar-refractivity contribution in [1.82, 2.24) is 14.9 Å². The molecule has 1 saturated heterocycles. The smallest absolute Gasteiger partial charge is 0.355 e. The Hall–Kier alpha value is -1.41. The van der Waals surface area contributed by atoms with Crippen molar-refractivity contribution in [2.45, 2.75) is 51.7 Å². The van der Waals surface area contributed by atoms with E-state index in [4.69, 9.17) is 0 Å². The van der Waals surface area contributed by atoms with Gasteiger partial charge in [-0.3, -0.25) is 0 Å². The lowest BCUT2D eigenvalue weighted by Crippen LogP contribution is -2.45. The third-order valence-corrected chi connectivity index (χ3v) is 7.39. The van der Waals surface area contributed by atoms with Gasteiger partial charge in [-0.1, -0.05) is 0 Å². The van der Waals surface area contributed by atoms with Gasteiger partial charge in [-0.15, -0.1) is 11.3 Å². The molecule has 2 aromatic heterocycles. The molecule has 154 valence electrons. The first-order valence-corrected chi connectivity index (χ1v) is 10.7. The van der Waals surface area contributed by atoms with Gasteiger partial charge in [-0.2, -0.15) is 13.2 Å². The highest BCUT2D eigenvalue weighted by atomic mass is 32.1. The first kappa shape index (κ1) is 19.9. The van der Waals surface area contributed by atoms with E-state index in [-0.39, 0.29) is 0 Å². The average Bonchev–Trinajstić information content (AvgIpc) is 3.16. The normalized spacial score (nSPS) is 25.4. The summed E-state index contributed by atoms with van der Waals surface area (Å²) >= 11 is 1.12. The van der Waals surface area contributed by atoms with Crippen LogP contribution in [0, 0.1) is 11.3 Å². The van der Waals surface area contributed by atoms with Crippen LogP contribution >= 0.6 is 11.3 Å². The van der Waals surface area contributed by atoms with Crippen LogP contribution in [0.1, 0.15) is 38.0 Å². The van der Waals surface area contributed by atoms with Crippen molar-refractivity contribution in [1.29, 1.82) is 0 Å². The average molecular weight is 413 g/mol. The Labute approximate surface area is 167 Å². The molecule has 0 N–H and O–H groups in total. The Morgan fingerprint density at radius 2 is 2.07 bits per heavy atom. The van der Waals surface area contributed by atoms with Gasteiger partial charge in [0.05, 0.1) is 11.8 Å². The summed E-state index contributed by atoms with van der Waals surface area (Å²) in [6.07, 6.45) is -0.00809. The largest absolute Gasteiger partial charge is 0.393 e. The van der Waals surface area contributed by atoms with Crippen LogP contribution in [0.2, 0.25) is 0 Å². The number of halogens is 3. The minimum Gasteiger partial charge on any atom is -0.355 e. The van der Waals surface area contributed by atoms with Crippen molar-refractivity contribution in [3.63, 3.8) is 0 Å². The van der Waals surface area contributed by atoms with E-state index >= 15 is 0 Å². The van der Waals surface area contributed by atoms with E-state index in [1.807, 2.05) is 0 Å². The van der Waals surface area contributed by atoms with Crippen molar-refractivity contribution in [2.24, 2.45) is 11.3 Å². The lowest BCUT2D eigenvalue weighted by atomic mass is 9.61. The van der Waals surface area contributed by atoms with Crippen molar-refractivity contribution in [2.75, 3.05) is 31.6 Å². The minimum atomic E-state index is -4.20. The molecule has 2 aromatic rings. The molecule has 0 bridgehead atoms. The zero-order valence-corrected chi connectivity index (χ0v) is 17.4. The zero-order valence-electron chi connectivity index (χ0n) is 16.6. The number of fused-ring (bicyclic) bond motifs is 1. The summed E-state index contributed by atoms with van der Waals surface area (Å²) < 4.78 is 38.3. The van der Waals surface area contributed by atoms with Crippen molar-refractivity contribution in [3.8, 4) is 0 Å². The fourth-order valence-corrected chi connectivity index (χ4v) is 5.81. The van der Waals surface area contributed by atoms with Gasteiger partial charge >= 0.3 is 6.18 Å². The molecule has 8 heteroatoms. The quantitative estimate of drug-likeness (QED) is 0.710. The molecule has 0 aromatic carbocycles. The summed E-state index contributed by atoms with van der Waals surface area (Å²) in [4.78, 5) is 14.3. The minimum absolute atomic E-state index is 0.304. The van der Waals surface area contributed by atoms with E-state index in [9.17, 15) is 13.2 Å². The Morgan fingerprint density at radius 1 is 1.32 bits per heavy atom. The molecular formula is C20H27F3N4S. The van der Waals surface area contributed by atoms with Gasteiger partial charge in [0, 0.05) is 30.6 Å². The molecule has 28 heavy (non-hydrogen) atoms. The fraction of sp³-hybridized carbons (Fsp3) is 0.700. The zero-order chi connectivity index (χ0) is 20.1. The number of thiophene rings is 1. The van der Waals surface area contributed by atoms with Crippen LogP contribution in [-0.2, 0) is 6.42 Å². The van der Waals surface area contributed by atoms with E-state index in [1.54, 1.807) is 6.07 Å². The second kappa shape index (κ2) is 7.13. The molecule has 1 saturated carbocycles. The maximum absolute atomic E-state index is 12.8. The van der Waals surface area contributed by atoms with Gasteiger partial charge in [-0.05, 0) is 57.6 Å². The molecule has 4 rings (SSSR count). The van der Waals surface area contributed by atoms with Gasteiger partial charge in [0.15, 0.2) is 0 Å². The number of alkyl halides is 3. The maximum Gasteiger partial charge on any atom is 0.393 e. The molecular weight excluding hydrogens is 385 g/mol. The number of rotatable bonds is 5. The summed E-state index contributed by atoms with van der Waals surface area (Å²) in [5, 5.41) is 0.763. The lowest BCUT2D eigenvalue weighted by molar-refractivity contribution is -0.126. The second-order valence-electron chi connectivity index (χ2n) is 8.90. The molecule has 3 heterocycles. The monoisotopic (exact) mass is 412 g/mol. The van der Waals surface area contributed by atoms with Gasteiger partial charge in [0.2, 0.25) is 0 Å². The molecule has 0 radical (unpaired) electrons. The van der Waals surface area contributed by atoms with Crippen LogP contribution in [0.25, 0.3) is 10.2 Å². The highest BCUT2D eigenvalue weighted by Gasteiger charge is 2.49. The summed E-state index contributed by atoms with van der Waals surface area (Å²) in [7, 11) is 2.18. The number of aromatic nitrogens is 2. The lowest BCUT2D eigenvalue weighted by Gasteiger charge is -2.47. The third-order valence-electron chi connectivity index (χ3n) is 6.34. The Kier molecular flexibility index (Phi) is 5.06. The van der Waals surface area contributed by atoms with Gasteiger partial charge in [-0.25, -0.2) is 9.97 Å². The van der Waals surface area contributed by atoms with Crippen LogP contribution in [0.4, 0.5) is 19.0 Å². The van der Waals surface area contributed by atoms with Gasteiger partial charge in [0.25, 0.3) is 0 Å². The number of anilines is 1. The summed E-state index contributed by atoms with van der Waals surface area (Å²) in [6.45, 7) is 7.46. The standard InChI is InChI=1S/C20H27F3N4S/c1-13(2)26(3)10-14-7-19(8-14)4-5-27(11-19)17-16-6-15(9-20(21,22)23)28-18(16)25-12-24-17/h6,12-14H,4-5,7-11H2,1-3H3. The van der Waals surface area contributed by atoms with Gasteiger partial charge in [0.1, 0.15) is 17.0 Å². The Bertz CT molecular complexity index is 842. The Morgan fingerprint density at radius 3 is 2.75 bits per heavy atom. The van der Waals surface area contributed by atoms with Crippen molar-refractivity contribution < 1.29 is 13.2 Å². The molecule has 1 spiro atoms. The molecule has 4 nitrogen and oxygen atoms in total. The second-order valence-corrected chi connectivity index (χ2v) is 10.0. The SMILES string of the molecule is CC(C)N(C)CC1CC2(CCN(c3ncnc4sc(CC(F)(F)F)cc34)C2)C1. The Balaban J connectivity index is 1.45. The van der Waals surface area contributed by atoms with E-state index in [0.29, 0.717) is 21.2 Å². The molecule has 0 amide bonds. The molecule has 2 fully saturated rings. The predicted octanol–water partition coefficient (Wildman–Crippen LogP) is 4.74. The van der Waals surface area contributed by atoms with E-state index < -0.39 is 12.6 Å². The third kappa shape index (κ3) is 3.99. The van der Waals surface area contributed by atoms with E-state index in [0.717, 1.165) is 54.5 Å². The molecule has 1 aliphatic carbocycles. The first-order valence-electron chi connectivity index (χ1n) is 9.89. The number of hydrogen-bond donors (Lipinski definition) is 0. The van der Waals surface area contributed by atoms with E-state index in [1.165, 1.54) is 19.2 Å². The summed E-state index contributed by atoms with van der Waals surface area (Å²) in [5.74, 6) is 1.55. The van der Waals surface area contributed by atoms with Crippen LogP contribution in [0.3, 0.4) is 0 Å². The maximum atomic E-state index is 12.8. The van der Waals surface area contributed by atoms with Crippen LogP contribution < -0.4 is 4.90 Å². The predicted molar refractivity (Wildman–Crippen MR) is 107 cm³/mol. The first-order chi connectivity index (χ1) is 13.1. The van der Waals surface area contributed by atoms with Crippen LogP contribution in [0.5, 0.6) is 0 Å². The highest BCUT2D eigenvalue weighted by Crippen LogP contribution is 2.53. The summed E-state index contributed by atoms with van der Waals surface area (Å²) in [5.41, 5.74) is 0.352.